The van der Waals surface area contributed by atoms with Crippen LogP contribution in [-0.2, 0) is 27.1 Å². The summed E-state index contributed by atoms with van der Waals surface area (Å²) in [5.41, 5.74) is 0.388. The molecule has 0 rings (SSSR count). The molecule has 0 aromatic rings. The van der Waals surface area contributed by atoms with E-state index in [2.05, 4.69) is 62.0 Å². The van der Waals surface area contributed by atoms with Crippen molar-refractivity contribution < 1.29 is 4.74 Å². The van der Waals surface area contributed by atoms with E-state index in [9.17, 15) is 0 Å². The van der Waals surface area contributed by atoms with Crippen molar-refractivity contribution in [3.8, 4) is 0 Å². The summed E-state index contributed by atoms with van der Waals surface area (Å²) in [6, 6.07) is 0. The Morgan fingerprint density at radius 3 is 2.07 bits per heavy atom. The van der Waals surface area contributed by atoms with Crippen LogP contribution in [0.4, 0.5) is 0 Å². The van der Waals surface area contributed by atoms with Gasteiger partial charge in [0.2, 0.25) is 0 Å². The van der Waals surface area contributed by atoms with E-state index in [1.165, 1.54) is 0 Å². The smallest absolute Gasteiger partial charge is 0.0593 e. The van der Waals surface area contributed by atoms with E-state index < -0.39 is 0 Å². The molecule has 0 aromatic heterocycles. The highest BCUT2D eigenvalue weighted by atomic mass is 32.8. The number of nitrogens with zero attached hydrogens (tertiary/aromatic N) is 1. The molecular formula is C11H25NOS2. The minimum Gasteiger partial charge on any atom is -0.380 e. The summed E-state index contributed by atoms with van der Waals surface area (Å²) in [5, 5.41) is 0. The summed E-state index contributed by atoms with van der Waals surface area (Å²) >= 11 is 7.33. The predicted molar refractivity (Wildman–Crippen MR) is 72.8 cm³/mol. The molecule has 0 bridgehead atoms. The molecule has 0 atom stereocenters. The number of hydrogen-bond donors (Lipinski definition) is 0. The molecule has 0 unspecified atom stereocenters. The molecule has 0 amide bonds. The van der Waals surface area contributed by atoms with Crippen LogP contribution < -0.4 is 0 Å². The maximum absolute atomic E-state index is 5.43. The van der Waals surface area contributed by atoms with Crippen LogP contribution in [0.1, 0.15) is 34.1 Å². The highest BCUT2D eigenvalue weighted by Crippen LogP contribution is 2.13. The average Bonchev–Trinajstić information content (AvgIpc) is 2.13. The zero-order valence-electron chi connectivity index (χ0n) is 10.7. The van der Waals surface area contributed by atoms with Crippen molar-refractivity contribution in [2.45, 2.75) is 34.1 Å². The average molecular weight is 251 g/mol. The van der Waals surface area contributed by atoms with Crippen molar-refractivity contribution in [1.29, 1.82) is 0 Å². The van der Waals surface area contributed by atoms with Crippen LogP contribution in [0.3, 0.4) is 0 Å². The van der Waals surface area contributed by atoms with E-state index in [1.54, 1.807) is 0 Å². The van der Waals surface area contributed by atoms with Crippen LogP contribution in [-0.4, -0.2) is 38.3 Å². The fourth-order valence-electron chi connectivity index (χ4n) is 1.36. The Hall–Kier alpha value is 0.360. The monoisotopic (exact) mass is 251 g/mol. The van der Waals surface area contributed by atoms with Gasteiger partial charge in [0.25, 0.3) is 0 Å². The fourth-order valence-corrected chi connectivity index (χ4v) is 1.36. The first-order chi connectivity index (χ1) is 6.95. The number of ether oxygens (including phenoxy) is 1. The molecule has 0 saturated carbocycles. The van der Waals surface area contributed by atoms with Gasteiger partial charge in [0, 0.05) is 42.1 Å². The second-order valence-electron chi connectivity index (χ2n) is 4.91. The van der Waals surface area contributed by atoms with E-state index in [4.69, 9.17) is 4.74 Å². The Kier molecular flexibility index (Phi) is 12.9. The zero-order valence-corrected chi connectivity index (χ0v) is 12.3. The molecule has 0 N–H and O–H groups in total. The molecule has 0 aromatic carbocycles. The first kappa shape index (κ1) is 17.7. The van der Waals surface area contributed by atoms with Gasteiger partial charge >= 0.3 is 0 Å². The SMILES string of the molecule is CCCOCCN(C)CC(C)(C)C.S=S. The predicted octanol–water partition coefficient (Wildman–Crippen LogP) is 2.39. The summed E-state index contributed by atoms with van der Waals surface area (Å²) in [7, 11) is 2.15. The summed E-state index contributed by atoms with van der Waals surface area (Å²) < 4.78 is 5.43. The van der Waals surface area contributed by atoms with Gasteiger partial charge in [-0.15, -0.1) is 0 Å². The first-order valence-corrected chi connectivity index (χ1v) is 6.72. The summed E-state index contributed by atoms with van der Waals surface area (Å²) in [4.78, 5) is 2.33. The molecule has 4 heteroatoms. The maximum Gasteiger partial charge on any atom is 0.0593 e. The summed E-state index contributed by atoms with van der Waals surface area (Å²) in [6.45, 7) is 12.8. The van der Waals surface area contributed by atoms with Crippen molar-refractivity contribution >= 4 is 22.4 Å². The third-order valence-electron chi connectivity index (χ3n) is 1.71. The van der Waals surface area contributed by atoms with Gasteiger partial charge < -0.3 is 9.64 Å². The number of likely N-dealkylation sites (N-methyl/N-ethyl adjacent to an activating group) is 1. The maximum atomic E-state index is 5.43. The number of rotatable bonds is 6. The third-order valence-corrected chi connectivity index (χ3v) is 1.71. The van der Waals surface area contributed by atoms with E-state index in [0.717, 1.165) is 32.7 Å². The number of hydrogen-bond acceptors (Lipinski definition) is 4. The molecule has 0 aliphatic carbocycles. The van der Waals surface area contributed by atoms with Crippen molar-refractivity contribution in [1.82, 2.24) is 4.90 Å². The molecule has 0 aliphatic rings. The molecular weight excluding hydrogens is 226 g/mol. The van der Waals surface area contributed by atoms with Gasteiger partial charge in [-0.05, 0) is 18.9 Å². The van der Waals surface area contributed by atoms with E-state index in [1.807, 2.05) is 0 Å². The Morgan fingerprint density at radius 2 is 1.67 bits per heavy atom. The first-order valence-electron chi connectivity index (χ1n) is 5.38. The lowest BCUT2D eigenvalue weighted by Gasteiger charge is -2.26. The molecule has 0 saturated heterocycles. The Bertz CT molecular complexity index is 137. The molecule has 92 valence electrons. The molecule has 0 spiro atoms. The lowest BCUT2D eigenvalue weighted by molar-refractivity contribution is 0.101. The minimum absolute atomic E-state index is 0.388. The lowest BCUT2D eigenvalue weighted by atomic mass is 9.96. The molecule has 15 heavy (non-hydrogen) atoms. The van der Waals surface area contributed by atoms with E-state index >= 15 is 0 Å². The lowest BCUT2D eigenvalue weighted by Crippen LogP contribution is -2.31. The summed E-state index contributed by atoms with van der Waals surface area (Å²) in [6.07, 6.45) is 1.11. The highest BCUT2D eigenvalue weighted by Gasteiger charge is 2.12. The second-order valence-corrected chi connectivity index (χ2v) is 4.91. The quantitative estimate of drug-likeness (QED) is 0.672. The highest BCUT2D eigenvalue weighted by molar-refractivity contribution is 8.07. The van der Waals surface area contributed by atoms with Crippen LogP contribution in [0.5, 0.6) is 0 Å². The Labute approximate surface area is 105 Å². The van der Waals surface area contributed by atoms with Gasteiger partial charge in [-0.25, -0.2) is 0 Å². The second kappa shape index (κ2) is 10.9. The Morgan fingerprint density at radius 1 is 1.13 bits per heavy atom. The van der Waals surface area contributed by atoms with Gasteiger partial charge in [0.15, 0.2) is 0 Å². The van der Waals surface area contributed by atoms with Crippen molar-refractivity contribution in [2.75, 3.05) is 33.4 Å². The van der Waals surface area contributed by atoms with Crippen molar-refractivity contribution in [3.05, 3.63) is 0 Å². The van der Waals surface area contributed by atoms with Crippen molar-refractivity contribution in [2.24, 2.45) is 5.41 Å². The van der Waals surface area contributed by atoms with Crippen LogP contribution in [0.25, 0.3) is 0 Å². The summed E-state index contributed by atoms with van der Waals surface area (Å²) in [5.74, 6) is 0. The van der Waals surface area contributed by atoms with Gasteiger partial charge in [0.05, 0.1) is 6.61 Å². The molecule has 0 fully saturated rings. The molecule has 2 nitrogen and oxygen atoms in total. The van der Waals surface area contributed by atoms with Gasteiger partial charge in [-0.1, -0.05) is 27.7 Å². The van der Waals surface area contributed by atoms with E-state index in [0.29, 0.717) is 5.41 Å². The van der Waals surface area contributed by atoms with Gasteiger partial charge in [-0.3, -0.25) is 0 Å². The van der Waals surface area contributed by atoms with Crippen LogP contribution in [0.2, 0.25) is 0 Å². The minimum atomic E-state index is 0.388. The molecule has 0 radical (unpaired) electrons. The molecule has 0 heterocycles. The standard InChI is InChI=1S/C11H25NO.S2/c1-6-8-13-9-7-12(5)10-11(2,3)4;1-2/h6-10H2,1-5H3;. The van der Waals surface area contributed by atoms with Gasteiger partial charge in [-0.2, -0.15) is 0 Å². The fraction of sp³-hybridized carbons (Fsp3) is 1.00. The van der Waals surface area contributed by atoms with Crippen LogP contribution >= 0.6 is 0 Å². The Balaban J connectivity index is 0. The van der Waals surface area contributed by atoms with Crippen LogP contribution in [0.15, 0.2) is 0 Å². The normalized spacial score (nSPS) is 11.1. The van der Waals surface area contributed by atoms with Gasteiger partial charge in [0.1, 0.15) is 0 Å². The van der Waals surface area contributed by atoms with E-state index in [-0.39, 0.29) is 0 Å². The van der Waals surface area contributed by atoms with Crippen LogP contribution in [0, 0.1) is 5.41 Å². The zero-order chi connectivity index (χ0) is 12.3. The largest absolute Gasteiger partial charge is 0.380 e. The molecule has 0 aliphatic heterocycles. The third kappa shape index (κ3) is 17.0. The topological polar surface area (TPSA) is 12.5 Å². The van der Waals surface area contributed by atoms with Crippen molar-refractivity contribution in [3.63, 3.8) is 0 Å².